The van der Waals surface area contributed by atoms with Crippen LogP contribution in [0.3, 0.4) is 0 Å². The molecule has 0 radical (unpaired) electrons. The normalized spacial score (nSPS) is 12.9. The number of esters is 1. The van der Waals surface area contributed by atoms with Crippen LogP contribution in [0.1, 0.15) is 24.8 Å². The Balaban J connectivity index is 2.84. The summed E-state index contributed by atoms with van der Waals surface area (Å²) in [6.45, 7) is 1.74. The monoisotopic (exact) mass is 296 g/mol. The standard InChI is InChI=1S/C12H12ClF3O3/c1-7(5-11(17)18-2)8-3-4-10(9(13)6-8)19-12(14,15)16/h3-4,6-7H,5H2,1-2H3. The fourth-order valence-corrected chi connectivity index (χ4v) is 1.71. The zero-order valence-corrected chi connectivity index (χ0v) is 11.0. The van der Waals surface area contributed by atoms with Crippen molar-refractivity contribution in [2.45, 2.75) is 25.6 Å². The summed E-state index contributed by atoms with van der Waals surface area (Å²) >= 11 is 5.71. The molecule has 0 saturated heterocycles. The van der Waals surface area contributed by atoms with E-state index in [-0.39, 0.29) is 17.4 Å². The van der Waals surface area contributed by atoms with Gasteiger partial charge in [-0.1, -0.05) is 24.6 Å². The first-order valence-corrected chi connectivity index (χ1v) is 5.72. The van der Waals surface area contributed by atoms with Gasteiger partial charge in [-0.2, -0.15) is 0 Å². The fourth-order valence-electron chi connectivity index (χ4n) is 1.48. The molecular formula is C12H12ClF3O3. The minimum atomic E-state index is -4.79. The summed E-state index contributed by atoms with van der Waals surface area (Å²) in [5.74, 6) is -1.09. The van der Waals surface area contributed by atoms with E-state index in [1.165, 1.54) is 19.2 Å². The van der Waals surface area contributed by atoms with Gasteiger partial charge in [0.2, 0.25) is 0 Å². The van der Waals surface area contributed by atoms with Crippen LogP contribution in [0.2, 0.25) is 5.02 Å². The van der Waals surface area contributed by atoms with Crippen molar-refractivity contribution in [2.24, 2.45) is 0 Å². The van der Waals surface area contributed by atoms with Crippen LogP contribution in [0.4, 0.5) is 13.2 Å². The van der Waals surface area contributed by atoms with E-state index in [1.807, 2.05) is 0 Å². The van der Waals surface area contributed by atoms with Crippen LogP contribution in [-0.2, 0) is 9.53 Å². The number of carbonyl (C=O) groups is 1. The number of carbonyl (C=O) groups excluding carboxylic acids is 1. The molecule has 1 rings (SSSR count). The Morgan fingerprint density at radius 2 is 2.05 bits per heavy atom. The molecule has 1 atom stereocenters. The number of methoxy groups -OCH3 is 1. The number of hydrogen-bond acceptors (Lipinski definition) is 3. The summed E-state index contributed by atoms with van der Waals surface area (Å²) in [5, 5.41) is -0.161. The SMILES string of the molecule is COC(=O)CC(C)c1ccc(OC(F)(F)F)c(Cl)c1. The van der Waals surface area contributed by atoms with Gasteiger partial charge < -0.3 is 9.47 Å². The van der Waals surface area contributed by atoms with Gasteiger partial charge in [0.05, 0.1) is 18.6 Å². The molecular weight excluding hydrogens is 285 g/mol. The zero-order valence-electron chi connectivity index (χ0n) is 10.3. The van der Waals surface area contributed by atoms with Gasteiger partial charge in [-0.25, -0.2) is 0 Å². The summed E-state index contributed by atoms with van der Waals surface area (Å²) in [7, 11) is 1.27. The van der Waals surface area contributed by atoms with Crippen molar-refractivity contribution in [1.29, 1.82) is 0 Å². The lowest BCUT2D eigenvalue weighted by Gasteiger charge is -2.14. The Hall–Kier alpha value is -1.43. The third-order valence-electron chi connectivity index (χ3n) is 2.45. The van der Waals surface area contributed by atoms with E-state index in [0.29, 0.717) is 5.56 Å². The maximum atomic E-state index is 12.1. The van der Waals surface area contributed by atoms with Crippen molar-refractivity contribution in [1.82, 2.24) is 0 Å². The van der Waals surface area contributed by atoms with E-state index in [0.717, 1.165) is 6.07 Å². The first-order valence-electron chi connectivity index (χ1n) is 5.35. The van der Waals surface area contributed by atoms with Crippen molar-refractivity contribution in [3.8, 4) is 5.75 Å². The molecule has 0 saturated carbocycles. The molecule has 0 amide bonds. The summed E-state index contributed by atoms with van der Waals surface area (Å²) in [5.41, 5.74) is 0.630. The molecule has 7 heteroatoms. The zero-order chi connectivity index (χ0) is 14.6. The van der Waals surface area contributed by atoms with Gasteiger partial charge in [0.1, 0.15) is 5.75 Å². The molecule has 19 heavy (non-hydrogen) atoms. The van der Waals surface area contributed by atoms with E-state index in [9.17, 15) is 18.0 Å². The number of ether oxygens (including phenoxy) is 2. The van der Waals surface area contributed by atoms with Gasteiger partial charge in [0.25, 0.3) is 0 Å². The van der Waals surface area contributed by atoms with Gasteiger partial charge in [0, 0.05) is 0 Å². The maximum Gasteiger partial charge on any atom is 0.573 e. The average molecular weight is 297 g/mol. The van der Waals surface area contributed by atoms with Crippen LogP contribution in [0.5, 0.6) is 5.75 Å². The lowest BCUT2D eigenvalue weighted by atomic mass is 9.98. The van der Waals surface area contributed by atoms with E-state index < -0.39 is 18.1 Å². The second-order valence-corrected chi connectivity index (χ2v) is 4.33. The van der Waals surface area contributed by atoms with Crippen LogP contribution in [0.15, 0.2) is 18.2 Å². The molecule has 0 bridgehead atoms. The molecule has 0 spiro atoms. The topological polar surface area (TPSA) is 35.5 Å². The summed E-state index contributed by atoms with van der Waals surface area (Å²) in [6.07, 6.45) is -4.67. The minimum Gasteiger partial charge on any atom is -0.469 e. The second-order valence-electron chi connectivity index (χ2n) is 3.92. The lowest BCUT2D eigenvalue weighted by Crippen LogP contribution is -2.17. The van der Waals surface area contributed by atoms with Crippen molar-refractivity contribution in [3.05, 3.63) is 28.8 Å². The molecule has 0 aliphatic rings. The number of alkyl halides is 3. The average Bonchev–Trinajstić information content (AvgIpc) is 2.29. The highest BCUT2D eigenvalue weighted by Crippen LogP contribution is 2.33. The van der Waals surface area contributed by atoms with Gasteiger partial charge in [0.15, 0.2) is 0 Å². The molecule has 106 valence electrons. The first kappa shape index (κ1) is 15.6. The van der Waals surface area contributed by atoms with Crippen LogP contribution in [0.25, 0.3) is 0 Å². The molecule has 0 aliphatic heterocycles. The minimum absolute atomic E-state index is 0.117. The number of benzene rings is 1. The highest BCUT2D eigenvalue weighted by Gasteiger charge is 2.32. The van der Waals surface area contributed by atoms with Crippen LogP contribution in [-0.4, -0.2) is 19.4 Å². The number of hydrogen-bond donors (Lipinski definition) is 0. The van der Waals surface area contributed by atoms with Crippen molar-refractivity contribution in [3.63, 3.8) is 0 Å². The predicted octanol–water partition coefficient (Wildman–Crippen LogP) is 3.91. The first-order chi connectivity index (χ1) is 8.73. The Morgan fingerprint density at radius 1 is 1.42 bits per heavy atom. The van der Waals surface area contributed by atoms with Gasteiger partial charge >= 0.3 is 12.3 Å². The van der Waals surface area contributed by atoms with E-state index in [1.54, 1.807) is 6.92 Å². The summed E-state index contributed by atoms with van der Waals surface area (Å²) < 4.78 is 44.4. The fraction of sp³-hybridized carbons (Fsp3) is 0.417. The highest BCUT2D eigenvalue weighted by atomic mass is 35.5. The molecule has 1 aromatic rings. The molecule has 1 aromatic carbocycles. The van der Waals surface area contributed by atoms with Crippen molar-refractivity contribution in [2.75, 3.05) is 7.11 Å². The Labute approximate surface area is 113 Å². The second kappa shape index (κ2) is 6.14. The number of halogens is 4. The predicted molar refractivity (Wildman–Crippen MR) is 63.2 cm³/mol. The van der Waals surface area contributed by atoms with Crippen molar-refractivity contribution < 1.29 is 27.4 Å². The number of rotatable bonds is 4. The third kappa shape index (κ3) is 4.98. The lowest BCUT2D eigenvalue weighted by molar-refractivity contribution is -0.274. The Morgan fingerprint density at radius 3 is 2.53 bits per heavy atom. The summed E-state index contributed by atoms with van der Waals surface area (Å²) in [6, 6.07) is 3.90. The molecule has 1 unspecified atom stereocenters. The van der Waals surface area contributed by atoms with E-state index in [4.69, 9.17) is 11.6 Å². The van der Waals surface area contributed by atoms with Gasteiger partial charge in [-0.3, -0.25) is 4.79 Å². The van der Waals surface area contributed by atoms with E-state index in [2.05, 4.69) is 9.47 Å². The molecule has 0 N–H and O–H groups in total. The highest BCUT2D eigenvalue weighted by molar-refractivity contribution is 6.32. The van der Waals surface area contributed by atoms with Crippen LogP contribution < -0.4 is 4.74 Å². The largest absolute Gasteiger partial charge is 0.573 e. The third-order valence-corrected chi connectivity index (χ3v) is 2.75. The quantitative estimate of drug-likeness (QED) is 0.790. The molecule has 0 aromatic heterocycles. The molecule has 3 nitrogen and oxygen atoms in total. The van der Waals surface area contributed by atoms with Crippen LogP contribution in [0, 0.1) is 0 Å². The van der Waals surface area contributed by atoms with Crippen molar-refractivity contribution >= 4 is 17.6 Å². The van der Waals surface area contributed by atoms with Crippen LogP contribution >= 0.6 is 11.6 Å². The smallest absolute Gasteiger partial charge is 0.469 e. The van der Waals surface area contributed by atoms with E-state index >= 15 is 0 Å². The van der Waals surface area contributed by atoms with Gasteiger partial charge in [-0.15, -0.1) is 13.2 Å². The molecule has 0 heterocycles. The Bertz CT molecular complexity index is 460. The van der Waals surface area contributed by atoms with Gasteiger partial charge in [-0.05, 0) is 23.6 Å². The molecule has 0 aliphatic carbocycles. The summed E-state index contributed by atoms with van der Waals surface area (Å²) in [4.78, 5) is 11.1. The Kier molecular flexibility index (Phi) is 5.05. The molecule has 0 fully saturated rings. The maximum absolute atomic E-state index is 12.1.